The number of hydrogen-bond donors (Lipinski definition) is 28. The molecular formula is C80H136O44. The third-order valence-corrected chi connectivity index (χ3v) is 30.9. The second-order valence-corrected chi connectivity index (χ2v) is 38.3. The van der Waals surface area contributed by atoms with Gasteiger partial charge in [0.15, 0.2) is 50.3 Å². The molecule has 11 fully saturated rings. The van der Waals surface area contributed by atoms with Gasteiger partial charge in [-0.2, -0.15) is 0 Å². The van der Waals surface area contributed by atoms with Gasteiger partial charge in [-0.1, -0.05) is 67.0 Å². The third kappa shape index (κ3) is 17.7. The molecule has 0 radical (unpaired) electrons. The van der Waals surface area contributed by atoms with Crippen LogP contribution in [0.2, 0.25) is 0 Å². The molecule has 0 spiro atoms. The highest BCUT2D eigenvalue weighted by Gasteiger charge is 2.78. The number of allylic oxidation sites excluding steroid dienone is 1. The van der Waals surface area contributed by atoms with Crippen LogP contribution in [0.1, 0.15) is 121 Å². The van der Waals surface area contributed by atoms with Gasteiger partial charge in [-0.05, 0) is 98.7 Å². The van der Waals surface area contributed by atoms with E-state index in [4.69, 9.17) is 75.8 Å². The van der Waals surface area contributed by atoms with Gasteiger partial charge in [0.1, 0.15) is 195 Å². The quantitative estimate of drug-likeness (QED) is 0.0309. The Balaban J connectivity index is 0.707. The first-order chi connectivity index (χ1) is 58.1. The average Bonchev–Trinajstić information content (AvgIpc) is 1.29. The summed E-state index contributed by atoms with van der Waals surface area (Å²) >= 11 is 0. The summed E-state index contributed by atoms with van der Waals surface area (Å²) in [5, 5.41) is 309. The standard InChI is InChI=1S/C80H136O44/c1-28(11-12-41(75(4,5)108)118-73-65(59(107)64(37(27-88)116-73)123-69-54(102)47(95)44(92)32(22-83)111-69)124-72-58(106)51(99)62(36(26-87)115-72)120-68-53(101)46(94)43(91)31(21-82)110-68)29-13-17-78(8)77(29,7)19-39(89)80(10)76(6)16-15-40(74(2,3)38(76)14-18-79(78,80)9)117-66-55(103)48(96)60(33(23-84)112-66)121-70-57(105)50(98)63(35(25-86)114-70)122-71-56(104)49(97)61(34(24-85)113-71)119-67-52(100)45(93)42(90)30(20-81)109-67/h14,28-37,39-73,81-108H,11-13,15-27H2,1-10H3/t28-,29?,30-,31-,32-,33-,34-,35-,36-,37-,39?,40+,41-,42-,43-,44-,45+,46+,47+,48-,49-,50-,51-,52-,53-,54-,55-,56-,57-,58-,59+,60-,61-,62-,63-,64-,65-,66?,67?,68?,69?,70?,71?,72?,73?,76-,77-,78-,79+,80+/m1/s1. The van der Waals surface area contributed by atoms with E-state index in [0.29, 0.717) is 38.5 Å². The third-order valence-electron chi connectivity index (χ3n) is 30.9. The first-order valence-electron chi connectivity index (χ1n) is 42.9. The van der Waals surface area contributed by atoms with Gasteiger partial charge in [-0.3, -0.25) is 0 Å². The molecule has 3 saturated carbocycles. The van der Waals surface area contributed by atoms with E-state index < -0.39 is 355 Å². The number of aliphatic hydroxyl groups is 28. The average molecular weight is 1800 g/mol. The highest BCUT2D eigenvalue weighted by Crippen LogP contribution is 2.82. The van der Waals surface area contributed by atoms with Gasteiger partial charge in [-0.25, -0.2) is 0 Å². The Bertz CT molecular complexity index is 3450. The number of rotatable bonds is 29. The maximum absolute atomic E-state index is 13.4. The minimum Gasteiger partial charge on any atom is -0.394 e. The molecular weight excluding hydrogens is 1660 g/mol. The van der Waals surface area contributed by atoms with Crippen molar-refractivity contribution in [1.29, 1.82) is 0 Å². The Kier molecular flexibility index (Phi) is 31.9. The molecule has 50 atom stereocenters. The van der Waals surface area contributed by atoms with Crippen LogP contribution in [0.4, 0.5) is 0 Å². The molecule has 44 nitrogen and oxygen atoms in total. The SMILES string of the molecule is C[C@H](CC[C@@H](OC1O[C@H](CO)[C@@H](OC2O[C@H](CO)[C@@H](O)[C@H](O)[C@H]2O)[C@H](O)[C@H]1OC1O[C@H](CO)[C@@H](OC2O[C@H](CO)[C@@H](O)[C@H](O)[C@H]2O)[C@H](O)[C@H]1O)C(C)(C)O)C1CC[C@@]2(C)[C@]3(C)CC=C4C(C)(C)[C@@H](OC5O[C@H](CO)[C@@H](OC6O[C@H](CO)[C@@H](OC7O[C@H](CO)[C@@H](OC8O[C@H](CO)[C@@H](O)[C@H](O)[C@H]8O)[C@H](O)[C@H]7O)[C@H](O)[C@H]6O)[C@H](O)[C@H]5O)CC[C@@]4(C)[C@]3(C)C(O)C[C@]12C. The monoisotopic (exact) mass is 1800 g/mol. The Morgan fingerprint density at radius 2 is 0.661 bits per heavy atom. The molecule has 0 aromatic carbocycles. The molecule has 44 heteroatoms. The van der Waals surface area contributed by atoms with Crippen LogP contribution in [0.5, 0.6) is 0 Å². The van der Waals surface area contributed by atoms with Crippen LogP contribution in [0.15, 0.2) is 11.6 Å². The minimum atomic E-state index is -2.20. The van der Waals surface area contributed by atoms with Crippen molar-refractivity contribution in [2.45, 2.75) is 390 Å². The predicted molar refractivity (Wildman–Crippen MR) is 407 cm³/mol. The van der Waals surface area contributed by atoms with Gasteiger partial charge in [0.2, 0.25) is 0 Å². The fourth-order valence-electron chi connectivity index (χ4n) is 22.8. The second kappa shape index (κ2) is 39.1. The van der Waals surface area contributed by atoms with Crippen LogP contribution < -0.4 is 0 Å². The fraction of sp³-hybridized carbons (Fsp3) is 0.975. The summed E-state index contributed by atoms with van der Waals surface area (Å²) in [5.41, 5.74) is -4.84. The lowest BCUT2D eigenvalue weighted by molar-refractivity contribution is -0.400. The Morgan fingerprint density at radius 1 is 0.355 bits per heavy atom. The molecule has 12 aliphatic rings. The fourth-order valence-corrected chi connectivity index (χ4v) is 22.8. The zero-order valence-electron chi connectivity index (χ0n) is 70.9. The molecule has 124 heavy (non-hydrogen) atoms. The van der Waals surface area contributed by atoms with Gasteiger partial charge in [0.25, 0.3) is 0 Å². The van der Waals surface area contributed by atoms with E-state index >= 15 is 0 Å². The largest absolute Gasteiger partial charge is 0.394 e. The van der Waals surface area contributed by atoms with Crippen molar-refractivity contribution >= 4 is 0 Å². The zero-order valence-corrected chi connectivity index (χ0v) is 70.9. The molecule has 0 aromatic rings. The van der Waals surface area contributed by atoms with E-state index in [1.54, 1.807) is 0 Å². The molecule has 0 amide bonds. The van der Waals surface area contributed by atoms with Gasteiger partial charge < -0.3 is 219 Å². The summed E-state index contributed by atoms with van der Waals surface area (Å²) < 4.78 is 95.3. The number of hydrogen-bond acceptors (Lipinski definition) is 44. The van der Waals surface area contributed by atoms with E-state index in [1.807, 2.05) is 13.8 Å². The van der Waals surface area contributed by atoms with Gasteiger partial charge >= 0.3 is 0 Å². The van der Waals surface area contributed by atoms with Crippen molar-refractivity contribution in [3.63, 3.8) is 0 Å². The van der Waals surface area contributed by atoms with Gasteiger partial charge in [-0.15, -0.1) is 0 Å². The first-order valence-corrected chi connectivity index (χ1v) is 42.9. The second-order valence-electron chi connectivity index (χ2n) is 38.3. The molecule has 10 unspecified atom stereocenters. The summed E-state index contributed by atoms with van der Waals surface area (Å²) in [7, 11) is 0. The molecule has 0 bridgehead atoms. The molecule has 12 rings (SSSR count). The van der Waals surface area contributed by atoms with Gasteiger partial charge in [0.05, 0.1) is 76.8 Å². The van der Waals surface area contributed by atoms with E-state index in [-0.39, 0.29) is 18.3 Å². The number of aliphatic hydroxyl groups excluding tert-OH is 27. The van der Waals surface area contributed by atoms with Crippen molar-refractivity contribution in [3.8, 4) is 0 Å². The highest BCUT2D eigenvalue weighted by molar-refractivity contribution is 5.39. The summed E-state index contributed by atoms with van der Waals surface area (Å²) in [6, 6.07) is 0. The zero-order chi connectivity index (χ0) is 91.4. The van der Waals surface area contributed by atoms with E-state index in [1.165, 1.54) is 13.8 Å². The molecule has 8 heterocycles. The van der Waals surface area contributed by atoms with E-state index in [2.05, 4.69) is 47.6 Å². The predicted octanol–water partition coefficient (Wildman–Crippen LogP) is -11.2. The summed E-state index contributed by atoms with van der Waals surface area (Å²) in [5.74, 6) is -0.238. The molecule has 0 aromatic heterocycles. The number of fused-ring (bicyclic) bond motifs is 5. The van der Waals surface area contributed by atoms with Crippen molar-refractivity contribution in [1.82, 2.24) is 0 Å². The lowest BCUT2D eigenvalue weighted by Crippen LogP contribution is -2.72. The Labute approximate surface area is 715 Å². The Morgan fingerprint density at radius 3 is 1.00 bits per heavy atom. The van der Waals surface area contributed by atoms with Crippen LogP contribution in [0.3, 0.4) is 0 Å². The van der Waals surface area contributed by atoms with Crippen LogP contribution in [0, 0.1) is 44.3 Å². The van der Waals surface area contributed by atoms with Gasteiger partial charge in [0, 0.05) is 10.8 Å². The molecule has 8 saturated heterocycles. The molecule has 720 valence electrons. The van der Waals surface area contributed by atoms with Crippen molar-refractivity contribution in [2.24, 2.45) is 44.3 Å². The highest BCUT2D eigenvalue weighted by atomic mass is 16.8. The van der Waals surface area contributed by atoms with E-state index in [9.17, 15) is 143 Å². The first kappa shape index (κ1) is 101. The molecule has 28 N–H and O–H groups in total. The molecule has 4 aliphatic carbocycles. The maximum Gasteiger partial charge on any atom is 0.187 e. The normalized spacial score (nSPS) is 53.0. The Hall–Kier alpha value is -2.02. The van der Waals surface area contributed by atoms with Crippen LogP contribution in [0.25, 0.3) is 0 Å². The smallest absolute Gasteiger partial charge is 0.187 e. The van der Waals surface area contributed by atoms with Crippen molar-refractivity contribution in [2.75, 3.05) is 52.9 Å². The van der Waals surface area contributed by atoms with Crippen molar-refractivity contribution < 1.29 is 219 Å². The van der Waals surface area contributed by atoms with E-state index in [0.717, 1.165) is 12.0 Å². The minimum absolute atomic E-state index is 0.0693. The number of ether oxygens (including phenoxy) is 16. The summed E-state index contributed by atoms with van der Waals surface area (Å²) in [6.45, 7) is 12.7. The van der Waals surface area contributed by atoms with Crippen LogP contribution in [-0.4, -0.2) is 465 Å². The molecule has 8 aliphatic heterocycles. The van der Waals surface area contributed by atoms with Crippen LogP contribution in [-0.2, 0) is 75.8 Å². The topological polar surface area (TPSA) is 714 Å². The summed E-state index contributed by atoms with van der Waals surface area (Å²) in [4.78, 5) is 0. The van der Waals surface area contributed by atoms with Crippen LogP contribution >= 0.6 is 0 Å². The summed E-state index contributed by atoms with van der Waals surface area (Å²) in [6.07, 6.45) is -71.7. The maximum atomic E-state index is 13.4. The lowest BCUT2D eigenvalue weighted by Gasteiger charge is -2.75. The lowest BCUT2D eigenvalue weighted by atomic mass is 9.29. The van der Waals surface area contributed by atoms with Crippen molar-refractivity contribution in [3.05, 3.63) is 11.6 Å².